The van der Waals surface area contributed by atoms with Gasteiger partial charge < -0.3 is 5.11 Å². The van der Waals surface area contributed by atoms with Crippen molar-refractivity contribution in [2.75, 3.05) is 4.72 Å². The molecule has 2 rings (SSSR count). The van der Waals surface area contributed by atoms with Gasteiger partial charge in [0.15, 0.2) is 0 Å². The summed E-state index contributed by atoms with van der Waals surface area (Å²) in [7, 11) is -3.54. The molecule has 0 unspecified atom stereocenters. The Kier molecular flexibility index (Phi) is 4.10. The second-order valence-electron chi connectivity index (χ2n) is 4.74. The number of hydrogen-bond donors (Lipinski definition) is 3. The molecule has 1 aliphatic carbocycles. The summed E-state index contributed by atoms with van der Waals surface area (Å²) in [5, 5.41) is 8.58. The third-order valence-corrected chi connectivity index (χ3v) is 3.97. The van der Waals surface area contributed by atoms with E-state index < -0.39 is 16.2 Å². The molecule has 1 aromatic carbocycles. The predicted molar refractivity (Wildman–Crippen MR) is 76.5 cm³/mol. The molecule has 0 aliphatic heterocycles. The van der Waals surface area contributed by atoms with E-state index in [2.05, 4.69) is 9.44 Å². The number of carboxylic acids is 1. The normalized spacial score (nSPS) is 15.4. The molecule has 0 saturated heterocycles. The van der Waals surface area contributed by atoms with Crippen molar-refractivity contribution >= 4 is 27.9 Å². The van der Waals surface area contributed by atoms with Crippen LogP contribution in [0.5, 0.6) is 0 Å². The summed E-state index contributed by atoms with van der Waals surface area (Å²) in [6.07, 6.45) is 4.26. The van der Waals surface area contributed by atoms with Gasteiger partial charge in [-0.2, -0.15) is 13.1 Å². The highest BCUT2D eigenvalue weighted by atomic mass is 32.2. The van der Waals surface area contributed by atoms with Crippen molar-refractivity contribution < 1.29 is 18.3 Å². The highest BCUT2D eigenvalue weighted by Gasteiger charge is 2.26. The van der Waals surface area contributed by atoms with Crippen LogP contribution in [0, 0.1) is 6.92 Å². The van der Waals surface area contributed by atoms with Gasteiger partial charge in [0.05, 0.1) is 5.69 Å². The SMILES string of the molecule is Cc1cc(NS(=O)(=O)NC2CC2)ccc1/C=C/C(=O)O. The fourth-order valence-corrected chi connectivity index (χ4v) is 2.86. The maximum atomic E-state index is 11.7. The average Bonchev–Trinajstić information content (AvgIpc) is 3.10. The van der Waals surface area contributed by atoms with Gasteiger partial charge >= 0.3 is 5.97 Å². The molecule has 0 atom stereocenters. The number of hydrogen-bond acceptors (Lipinski definition) is 3. The van der Waals surface area contributed by atoms with Gasteiger partial charge in [-0.3, -0.25) is 4.72 Å². The third kappa shape index (κ3) is 4.36. The van der Waals surface area contributed by atoms with Crippen molar-refractivity contribution in [3.8, 4) is 0 Å². The molecule has 0 amide bonds. The summed E-state index contributed by atoms with van der Waals surface area (Å²) in [6, 6.07) is 4.98. The summed E-state index contributed by atoms with van der Waals surface area (Å²) >= 11 is 0. The first-order valence-electron chi connectivity index (χ1n) is 6.17. The van der Waals surface area contributed by atoms with E-state index in [9.17, 15) is 13.2 Å². The van der Waals surface area contributed by atoms with Crippen molar-refractivity contribution in [3.63, 3.8) is 0 Å². The van der Waals surface area contributed by atoms with Gasteiger partial charge in [0.1, 0.15) is 0 Å². The largest absolute Gasteiger partial charge is 0.478 e. The number of nitrogens with one attached hydrogen (secondary N) is 2. The molecule has 1 saturated carbocycles. The molecule has 6 nitrogen and oxygen atoms in total. The van der Waals surface area contributed by atoms with Crippen LogP contribution in [0.4, 0.5) is 5.69 Å². The summed E-state index contributed by atoms with van der Waals surface area (Å²) in [5.74, 6) is -1.03. The zero-order chi connectivity index (χ0) is 14.8. The van der Waals surface area contributed by atoms with Crippen molar-refractivity contribution in [3.05, 3.63) is 35.4 Å². The maximum Gasteiger partial charge on any atom is 0.328 e. The maximum absolute atomic E-state index is 11.7. The van der Waals surface area contributed by atoms with Gasteiger partial charge in [-0.25, -0.2) is 4.79 Å². The predicted octanol–water partition coefficient (Wildman–Crippen LogP) is 1.50. The van der Waals surface area contributed by atoms with E-state index in [4.69, 9.17) is 5.11 Å². The van der Waals surface area contributed by atoms with Gasteiger partial charge in [-0.05, 0) is 49.1 Å². The van der Waals surface area contributed by atoms with Crippen molar-refractivity contribution in [2.24, 2.45) is 0 Å². The lowest BCUT2D eigenvalue weighted by molar-refractivity contribution is -0.131. The minimum Gasteiger partial charge on any atom is -0.478 e. The Bertz CT molecular complexity index is 648. The second-order valence-corrected chi connectivity index (χ2v) is 6.19. The topological polar surface area (TPSA) is 95.5 Å². The molecular formula is C13H16N2O4S. The van der Waals surface area contributed by atoms with E-state index in [1.807, 2.05) is 0 Å². The number of anilines is 1. The Labute approximate surface area is 117 Å². The molecule has 1 fully saturated rings. The summed E-state index contributed by atoms with van der Waals surface area (Å²) < 4.78 is 28.5. The fraction of sp³-hybridized carbons (Fsp3) is 0.308. The Morgan fingerprint density at radius 2 is 2.10 bits per heavy atom. The Hall–Kier alpha value is -1.86. The van der Waals surface area contributed by atoms with Crippen LogP contribution in [0.1, 0.15) is 24.0 Å². The molecule has 0 radical (unpaired) electrons. The van der Waals surface area contributed by atoms with Gasteiger partial charge in [-0.1, -0.05) is 6.07 Å². The highest BCUT2D eigenvalue weighted by molar-refractivity contribution is 7.90. The first-order chi connectivity index (χ1) is 9.35. The number of rotatable bonds is 6. The molecule has 7 heteroatoms. The molecule has 1 aliphatic rings. The average molecular weight is 296 g/mol. The first kappa shape index (κ1) is 14.5. The lowest BCUT2D eigenvalue weighted by atomic mass is 10.1. The smallest absolute Gasteiger partial charge is 0.328 e. The van der Waals surface area contributed by atoms with E-state index in [0.717, 1.165) is 30.0 Å². The van der Waals surface area contributed by atoms with E-state index in [0.29, 0.717) is 5.69 Å². The molecule has 20 heavy (non-hydrogen) atoms. The summed E-state index contributed by atoms with van der Waals surface area (Å²) in [6.45, 7) is 1.79. The van der Waals surface area contributed by atoms with Gasteiger partial charge in [0.2, 0.25) is 0 Å². The highest BCUT2D eigenvalue weighted by Crippen LogP contribution is 2.21. The zero-order valence-corrected chi connectivity index (χ0v) is 11.8. The van der Waals surface area contributed by atoms with Crippen LogP contribution in [0.15, 0.2) is 24.3 Å². The van der Waals surface area contributed by atoms with E-state index in [1.165, 1.54) is 6.08 Å². The van der Waals surface area contributed by atoms with Crippen LogP contribution in [-0.2, 0) is 15.0 Å². The van der Waals surface area contributed by atoms with E-state index in [-0.39, 0.29) is 6.04 Å². The molecule has 0 aromatic heterocycles. The van der Waals surface area contributed by atoms with Gasteiger partial charge in [0.25, 0.3) is 10.2 Å². The molecule has 108 valence electrons. The van der Waals surface area contributed by atoms with Crippen LogP contribution in [0.3, 0.4) is 0 Å². The minimum absolute atomic E-state index is 0.0476. The number of aryl methyl sites for hydroxylation is 1. The van der Waals surface area contributed by atoms with Crippen LogP contribution < -0.4 is 9.44 Å². The molecule has 0 heterocycles. The van der Waals surface area contributed by atoms with E-state index >= 15 is 0 Å². The van der Waals surface area contributed by atoms with Gasteiger partial charge in [-0.15, -0.1) is 0 Å². The van der Waals surface area contributed by atoms with Crippen LogP contribution >= 0.6 is 0 Å². The molecular weight excluding hydrogens is 280 g/mol. The molecule has 0 bridgehead atoms. The first-order valence-corrected chi connectivity index (χ1v) is 7.66. The zero-order valence-electron chi connectivity index (χ0n) is 11.0. The van der Waals surface area contributed by atoms with Crippen LogP contribution in [-0.4, -0.2) is 25.5 Å². The third-order valence-electron chi connectivity index (χ3n) is 2.83. The van der Waals surface area contributed by atoms with Crippen LogP contribution in [0.25, 0.3) is 6.08 Å². The van der Waals surface area contributed by atoms with E-state index in [1.54, 1.807) is 25.1 Å². The molecule has 3 N–H and O–H groups in total. The standard InChI is InChI=1S/C13H16N2O4S/c1-9-8-12(4-2-10(9)3-7-13(16)17)15-20(18,19)14-11-5-6-11/h2-4,7-8,11,14-15H,5-6H2,1H3,(H,16,17)/b7-3+. The fourth-order valence-electron chi connectivity index (χ4n) is 1.69. The van der Waals surface area contributed by atoms with Crippen molar-refractivity contribution in [1.82, 2.24) is 4.72 Å². The monoisotopic (exact) mass is 296 g/mol. The van der Waals surface area contributed by atoms with Gasteiger partial charge in [0, 0.05) is 12.1 Å². The lowest BCUT2D eigenvalue weighted by Crippen LogP contribution is -2.31. The Balaban J connectivity index is 2.10. The lowest BCUT2D eigenvalue weighted by Gasteiger charge is -2.10. The minimum atomic E-state index is -3.54. The quantitative estimate of drug-likeness (QED) is 0.693. The number of aliphatic carboxylic acids is 1. The summed E-state index contributed by atoms with van der Waals surface area (Å²) in [4.78, 5) is 10.5. The Morgan fingerprint density at radius 1 is 1.40 bits per heavy atom. The molecule has 1 aromatic rings. The number of benzene rings is 1. The summed E-state index contributed by atoms with van der Waals surface area (Å²) in [5.41, 5.74) is 1.96. The number of carbonyl (C=O) groups is 1. The molecule has 0 spiro atoms. The Morgan fingerprint density at radius 3 is 2.65 bits per heavy atom. The second kappa shape index (κ2) is 5.64. The number of carboxylic acid groups (broad SMARTS) is 1. The van der Waals surface area contributed by atoms with Crippen LogP contribution in [0.2, 0.25) is 0 Å². The van der Waals surface area contributed by atoms with Crippen molar-refractivity contribution in [1.29, 1.82) is 0 Å². The van der Waals surface area contributed by atoms with Crippen molar-refractivity contribution in [2.45, 2.75) is 25.8 Å².